The van der Waals surface area contributed by atoms with Crippen LogP contribution in [0.25, 0.3) is 11.3 Å². The molecule has 0 fully saturated rings. The predicted octanol–water partition coefficient (Wildman–Crippen LogP) is 2.59. The first-order valence-corrected chi connectivity index (χ1v) is 6.12. The van der Waals surface area contributed by atoms with Gasteiger partial charge >= 0.3 is 0 Å². The van der Waals surface area contributed by atoms with Gasteiger partial charge in [-0.1, -0.05) is 32.4 Å². The Hall–Kier alpha value is -2.04. The van der Waals surface area contributed by atoms with E-state index in [0.717, 1.165) is 5.56 Å². The number of imidazole rings is 1. The van der Waals surface area contributed by atoms with Crippen LogP contribution in [0.1, 0.15) is 32.2 Å². The van der Waals surface area contributed by atoms with Crippen molar-refractivity contribution in [2.45, 2.75) is 33.1 Å². The molecule has 1 heterocycles. The lowest BCUT2D eigenvalue weighted by Gasteiger charge is -2.17. The lowest BCUT2D eigenvalue weighted by molar-refractivity contribution is 0.532. The fourth-order valence-electron chi connectivity index (χ4n) is 1.99. The first-order chi connectivity index (χ1) is 8.71. The highest BCUT2D eigenvalue weighted by molar-refractivity contribution is 5.72. The molecule has 0 saturated carbocycles. The van der Waals surface area contributed by atoms with Crippen molar-refractivity contribution in [3.8, 4) is 11.3 Å². The molecule has 0 atom stereocenters. The molecule has 0 saturated heterocycles. The second-order valence-corrected chi connectivity index (χ2v) is 5.77. The van der Waals surface area contributed by atoms with Gasteiger partial charge in [-0.05, 0) is 19.1 Å². The molecule has 0 aliphatic heterocycles. The van der Waals surface area contributed by atoms with Gasteiger partial charge in [0.05, 0.1) is 0 Å². The molecule has 0 amide bonds. The number of hydrogen-bond donors (Lipinski definition) is 2. The molecule has 0 unspecified atom stereocenters. The smallest absolute Gasteiger partial charge is 0.150 e. The summed E-state index contributed by atoms with van der Waals surface area (Å²) >= 11 is 0. The number of anilines is 1. The lowest BCUT2D eigenvalue weighted by atomic mass is 9.96. The Morgan fingerprint density at radius 1 is 1.26 bits per heavy atom. The van der Waals surface area contributed by atoms with Gasteiger partial charge in [-0.15, -0.1) is 0 Å². The maximum absolute atomic E-state index is 13.9. The van der Waals surface area contributed by atoms with E-state index in [1.54, 1.807) is 12.1 Å². The summed E-state index contributed by atoms with van der Waals surface area (Å²) in [6.45, 7) is 7.83. The predicted molar refractivity (Wildman–Crippen MR) is 75.6 cm³/mol. The summed E-state index contributed by atoms with van der Waals surface area (Å²) in [7, 11) is 0. The van der Waals surface area contributed by atoms with Gasteiger partial charge in [0, 0.05) is 11.0 Å². The maximum atomic E-state index is 13.9. The standard InChI is InChI=1S/C14H19FN4/c1-8-5-6-10(15)9(7-8)11-12(16)19(17)13(18-11)14(2,3)4/h5-7H,16-17H2,1-4H3. The Kier molecular flexibility index (Phi) is 3.00. The molecule has 0 radical (unpaired) electrons. The quantitative estimate of drug-likeness (QED) is 0.776. The van der Waals surface area contributed by atoms with Crippen molar-refractivity contribution in [3.63, 3.8) is 0 Å². The summed E-state index contributed by atoms with van der Waals surface area (Å²) in [5.74, 6) is 6.47. The van der Waals surface area contributed by atoms with Crippen LogP contribution in [0.5, 0.6) is 0 Å². The van der Waals surface area contributed by atoms with Gasteiger partial charge in [-0.2, -0.15) is 0 Å². The Labute approximate surface area is 112 Å². The molecule has 4 nitrogen and oxygen atoms in total. The van der Waals surface area contributed by atoms with E-state index >= 15 is 0 Å². The van der Waals surface area contributed by atoms with E-state index in [0.29, 0.717) is 17.1 Å². The summed E-state index contributed by atoms with van der Waals surface area (Å²) < 4.78 is 15.3. The van der Waals surface area contributed by atoms with Crippen molar-refractivity contribution in [1.29, 1.82) is 0 Å². The van der Waals surface area contributed by atoms with E-state index in [1.165, 1.54) is 10.7 Å². The van der Waals surface area contributed by atoms with Crippen LogP contribution in [0.3, 0.4) is 0 Å². The third-order valence-corrected chi connectivity index (χ3v) is 3.00. The number of hydrogen-bond acceptors (Lipinski definition) is 3. The molecule has 0 bridgehead atoms. The maximum Gasteiger partial charge on any atom is 0.150 e. The molecule has 2 rings (SSSR count). The minimum Gasteiger partial charge on any atom is -0.382 e. The van der Waals surface area contributed by atoms with Crippen LogP contribution in [0, 0.1) is 12.7 Å². The van der Waals surface area contributed by atoms with Crippen LogP contribution in [-0.2, 0) is 5.41 Å². The Morgan fingerprint density at radius 3 is 2.42 bits per heavy atom. The highest BCUT2D eigenvalue weighted by atomic mass is 19.1. The molecule has 1 aromatic heterocycles. The number of nitrogens with two attached hydrogens (primary N) is 2. The molecule has 19 heavy (non-hydrogen) atoms. The van der Waals surface area contributed by atoms with Gasteiger partial charge in [0.1, 0.15) is 17.3 Å². The second-order valence-electron chi connectivity index (χ2n) is 5.77. The zero-order valence-electron chi connectivity index (χ0n) is 11.7. The molecule has 5 heteroatoms. The molecule has 2 aromatic rings. The number of aromatic nitrogens is 2. The number of benzene rings is 1. The molecular weight excluding hydrogens is 243 g/mol. The van der Waals surface area contributed by atoms with Crippen LogP contribution in [0.4, 0.5) is 10.2 Å². The van der Waals surface area contributed by atoms with E-state index in [4.69, 9.17) is 11.6 Å². The molecule has 4 N–H and O–H groups in total. The Bertz CT molecular complexity index is 623. The Morgan fingerprint density at radius 2 is 1.89 bits per heavy atom. The first kappa shape index (κ1) is 13.4. The largest absolute Gasteiger partial charge is 0.382 e. The van der Waals surface area contributed by atoms with Crippen LogP contribution < -0.4 is 11.6 Å². The number of halogens is 1. The minimum absolute atomic E-state index is 0.262. The third-order valence-electron chi connectivity index (χ3n) is 3.00. The molecule has 0 spiro atoms. The molecule has 102 valence electrons. The van der Waals surface area contributed by atoms with Crippen LogP contribution >= 0.6 is 0 Å². The number of aryl methyl sites for hydroxylation is 1. The van der Waals surface area contributed by atoms with Gasteiger partial charge in [-0.25, -0.2) is 14.1 Å². The number of nitrogen functional groups attached to an aromatic ring is 2. The van der Waals surface area contributed by atoms with Gasteiger partial charge in [0.15, 0.2) is 5.82 Å². The normalized spacial score (nSPS) is 11.8. The molecule has 0 aliphatic rings. The molecule has 1 aromatic carbocycles. The fourth-order valence-corrected chi connectivity index (χ4v) is 1.99. The molecule has 0 aliphatic carbocycles. The third kappa shape index (κ3) is 2.28. The van der Waals surface area contributed by atoms with Crippen LogP contribution in [-0.4, -0.2) is 9.66 Å². The summed E-state index contributed by atoms with van der Waals surface area (Å²) in [5.41, 5.74) is 7.42. The van der Waals surface area contributed by atoms with E-state index in [1.807, 2.05) is 27.7 Å². The van der Waals surface area contributed by atoms with Crippen molar-refractivity contribution in [1.82, 2.24) is 9.66 Å². The van der Waals surface area contributed by atoms with Gasteiger partial charge in [0.2, 0.25) is 0 Å². The zero-order chi connectivity index (χ0) is 14.4. The minimum atomic E-state index is -0.351. The average Bonchev–Trinajstić information content (AvgIpc) is 2.59. The summed E-state index contributed by atoms with van der Waals surface area (Å²) in [6, 6.07) is 4.84. The van der Waals surface area contributed by atoms with Gasteiger partial charge in [-0.3, -0.25) is 0 Å². The SMILES string of the molecule is Cc1ccc(F)c(-c2nc(C(C)(C)C)n(N)c2N)c1. The van der Waals surface area contributed by atoms with E-state index < -0.39 is 0 Å². The van der Waals surface area contributed by atoms with Crippen LogP contribution in [0.2, 0.25) is 0 Å². The molecular formula is C14H19FN4. The summed E-state index contributed by atoms with van der Waals surface area (Å²) in [4.78, 5) is 4.43. The van der Waals surface area contributed by atoms with Crippen molar-refractivity contribution in [2.24, 2.45) is 0 Å². The van der Waals surface area contributed by atoms with E-state index in [-0.39, 0.29) is 17.1 Å². The van der Waals surface area contributed by atoms with Crippen LogP contribution in [0.15, 0.2) is 18.2 Å². The first-order valence-electron chi connectivity index (χ1n) is 6.12. The highest BCUT2D eigenvalue weighted by Crippen LogP contribution is 2.32. The topological polar surface area (TPSA) is 69.9 Å². The second kappa shape index (κ2) is 4.26. The fraction of sp³-hybridized carbons (Fsp3) is 0.357. The van der Waals surface area contributed by atoms with E-state index in [9.17, 15) is 4.39 Å². The highest BCUT2D eigenvalue weighted by Gasteiger charge is 2.25. The zero-order valence-corrected chi connectivity index (χ0v) is 11.7. The van der Waals surface area contributed by atoms with E-state index in [2.05, 4.69) is 4.98 Å². The number of nitrogens with zero attached hydrogens (tertiary/aromatic N) is 2. The van der Waals surface area contributed by atoms with Crippen molar-refractivity contribution in [2.75, 3.05) is 11.6 Å². The lowest BCUT2D eigenvalue weighted by Crippen LogP contribution is -2.24. The van der Waals surface area contributed by atoms with Gasteiger partial charge < -0.3 is 11.6 Å². The van der Waals surface area contributed by atoms with Crippen molar-refractivity contribution in [3.05, 3.63) is 35.4 Å². The summed E-state index contributed by atoms with van der Waals surface area (Å²) in [6.07, 6.45) is 0. The Balaban J connectivity index is 2.67. The number of rotatable bonds is 1. The van der Waals surface area contributed by atoms with Gasteiger partial charge in [0.25, 0.3) is 0 Å². The van der Waals surface area contributed by atoms with Crippen molar-refractivity contribution >= 4 is 5.82 Å². The average molecular weight is 262 g/mol. The van der Waals surface area contributed by atoms with Crippen molar-refractivity contribution < 1.29 is 4.39 Å². The summed E-state index contributed by atoms with van der Waals surface area (Å²) in [5, 5.41) is 0. The monoisotopic (exact) mass is 262 g/mol.